The molecule has 1 amide bonds. The zero-order valence-corrected chi connectivity index (χ0v) is 10.6. The molecule has 1 unspecified atom stereocenters. The zero-order valence-electron chi connectivity index (χ0n) is 9.77. The lowest BCUT2D eigenvalue weighted by Crippen LogP contribution is -2.39. The van der Waals surface area contributed by atoms with Crippen LogP contribution in [0.5, 0.6) is 0 Å². The van der Waals surface area contributed by atoms with Crippen molar-refractivity contribution in [3.63, 3.8) is 0 Å². The van der Waals surface area contributed by atoms with Gasteiger partial charge < -0.3 is 4.90 Å². The Balaban J connectivity index is 2.23. The van der Waals surface area contributed by atoms with Crippen LogP contribution in [-0.4, -0.2) is 28.9 Å². The summed E-state index contributed by atoms with van der Waals surface area (Å²) in [6.45, 7) is 4.62. The van der Waals surface area contributed by atoms with Crippen molar-refractivity contribution in [1.82, 2.24) is 4.90 Å². The number of hydrogen-bond acceptors (Lipinski definition) is 2. The number of carbonyl (C=O) groups is 1. The Labute approximate surface area is 101 Å². The highest BCUT2D eigenvalue weighted by molar-refractivity contribution is 7.99. The van der Waals surface area contributed by atoms with Crippen molar-refractivity contribution < 1.29 is 4.79 Å². The number of rotatable bonds is 1. The molecule has 0 spiro atoms. The molecule has 1 fully saturated rings. The molecule has 1 saturated heterocycles. The van der Waals surface area contributed by atoms with Crippen molar-refractivity contribution >= 4 is 17.7 Å². The first kappa shape index (κ1) is 11.5. The predicted molar refractivity (Wildman–Crippen MR) is 68.6 cm³/mol. The Hall–Kier alpha value is -0.960. The summed E-state index contributed by atoms with van der Waals surface area (Å²) in [6, 6.07) is 8.78. The first-order valence-electron chi connectivity index (χ1n) is 5.60. The van der Waals surface area contributed by atoms with Crippen molar-refractivity contribution in [3.8, 4) is 0 Å². The van der Waals surface area contributed by atoms with Gasteiger partial charge in [-0.25, -0.2) is 0 Å². The van der Waals surface area contributed by atoms with Crippen molar-refractivity contribution in [2.45, 2.75) is 19.9 Å². The molecule has 1 aromatic carbocycles. The minimum absolute atomic E-state index is 0.186. The summed E-state index contributed by atoms with van der Waals surface area (Å²) in [5, 5.41) is 0. The van der Waals surface area contributed by atoms with E-state index in [1.165, 1.54) is 11.1 Å². The number of carbonyl (C=O) groups excluding carboxylic acids is 1. The Bertz CT molecular complexity index is 374. The van der Waals surface area contributed by atoms with E-state index in [2.05, 4.69) is 31.2 Å². The third-order valence-electron chi connectivity index (χ3n) is 3.00. The molecule has 0 saturated carbocycles. The van der Waals surface area contributed by atoms with Gasteiger partial charge in [0.05, 0.1) is 6.04 Å². The second-order valence-corrected chi connectivity index (χ2v) is 5.36. The molecule has 2 nitrogen and oxygen atoms in total. The first-order chi connectivity index (χ1) is 7.68. The summed E-state index contributed by atoms with van der Waals surface area (Å²) >= 11 is 1.93. The number of amides is 1. The van der Waals surface area contributed by atoms with Gasteiger partial charge in [0.15, 0.2) is 0 Å². The molecule has 1 heterocycles. The molecule has 0 aromatic heterocycles. The van der Waals surface area contributed by atoms with Crippen LogP contribution in [0.4, 0.5) is 0 Å². The third-order valence-corrected chi connectivity index (χ3v) is 4.02. The van der Waals surface area contributed by atoms with E-state index in [1.807, 2.05) is 16.7 Å². The second kappa shape index (κ2) is 4.91. The largest absolute Gasteiger partial charge is 0.334 e. The quantitative estimate of drug-likeness (QED) is 0.746. The summed E-state index contributed by atoms with van der Waals surface area (Å²) in [4.78, 5) is 13.6. The van der Waals surface area contributed by atoms with E-state index in [0.717, 1.165) is 18.1 Å². The van der Waals surface area contributed by atoms with Gasteiger partial charge in [0.25, 0.3) is 0 Å². The van der Waals surface area contributed by atoms with Gasteiger partial charge in [-0.3, -0.25) is 4.79 Å². The second-order valence-electron chi connectivity index (χ2n) is 4.21. The van der Waals surface area contributed by atoms with Gasteiger partial charge in [-0.1, -0.05) is 29.8 Å². The highest BCUT2D eigenvalue weighted by Gasteiger charge is 2.25. The van der Waals surface area contributed by atoms with Gasteiger partial charge in [0.1, 0.15) is 0 Å². The maximum atomic E-state index is 11.6. The lowest BCUT2D eigenvalue weighted by atomic mass is 10.0. The SMILES string of the molecule is CC(=O)N1CCSCC1c1ccc(C)cc1. The van der Waals surface area contributed by atoms with Crippen molar-refractivity contribution in [3.05, 3.63) is 35.4 Å². The summed E-state index contributed by atoms with van der Waals surface area (Å²) in [7, 11) is 0. The molecule has 0 radical (unpaired) electrons. The van der Waals surface area contributed by atoms with Gasteiger partial charge in [-0.15, -0.1) is 0 Å². The van der Waals surface area contributed by atoms with Gasteiger partial charge in [0, 0.05) is 25.0 Å². The topological polar surface area (TPSA) is 20.3 Å². The minimum Gasteiger partial charge on any atom is -0.334 e. The number of hydrogen-bond donors (Lipinski definition) is 0. The summed E-state index contributed by atoms with van der Waals surface area (Å²) < 4.78 is 0. The Morgan fingerprint density at radius 3 is 2.69 bits per heavy atom. The van der Waals surface area contributed by atoms with Crippen LogP contribution in [0, 0.1) is 6.92 Å². The maximum absolute atomic E-state index is 11.6. The fourth-order valence-corrected chi connectivity index (χ4v) is 3.13. The Morgan fingerprint density at radius 1 is 1.38 bits per heavy atom. The maximum Gasteiger partial charge on any atom is 0.220 e. The van der Waals surface area contributed by atoms with Gasteiger partial charge >= 0.3 is 0 Å². The van der Waals surface area contributed by atoms with Crippen molar-refractivity contribution in [2.75, 3.05) is 18.1 Å². The van der Waals surface area contributed by atoms with E-state index in [1.54, 1.807) is 6.92 Å². The van der Waals surface area contributed by atoms with Crippen LogP contribution >= 0.6 is 11.8 Å². The Morgan fingerprint density at radius 2 is 2.06 bits per heavy atom. The molecule has 1 atom stereocenters. The monoisotopic (exact) mass is 235 g/mol. The van der Waals surface area contributed by atoms with Crippen LogP contribution in [0.3, 0.4) is 0 Å². The smallest absolute Gasteiger partial charge is 0.220 e. The number of aryl methyl sites for hydroxylation is 1. The van der Waals surface area contributed by atoms with E-state index >= 15 is 0 Å². The number of nitrogens with zero attached hydrogens (tertiary/aromatic N) is 1. The molecular weight excluding hydrogens is 218 g/mol. The molecule has 1 aliphatic heterocycles. The molecule has 0 bridgehead atoms. The number of thioether (sulfide) groups is 1. The highest BCUT2D eigenvalue weighted by Crippen LogP contribution is 2.29. The predicted octanol–water partition coefficient (Wildman–Crippen LogP) is 2.63. The molecule has 0 aliphatic carbocycles. The molecule has 0 N–H and O–H groups in total. The van der Waals surface area contributed by atoms with Crippen LogP contribution < -0.4 is 0 Å². The fourth-order valence-electron chi connectivity index (χ4n) is 2.05. The van der Waals surface area contributed by atoms with Gasteiger partial charge in [-0.05, 0) is 12.5 Å². The third kappa shape index (κ3) is 2.40. The van der Waals surface area contributed by atoms with Crippen LogP contribution in [0.25, 0.3) is 0 Å². The standard InChI is InChI=1S/C13H17NOS/c1-10-3-5-12(6-4-10)13-9-16-8-7-14(13)11(2)15/h3-6,13H,7-9H2,1-2H3. The fraction of sp³-hybridized carbons (Fsp3) is 0.462. The number of benzene rings is 1. The highest BCUT2D eigenvalue weighted by atomic mass is 32.2. The van der Waals surface area contributed by atoms with Gasteiger partial charge in [-0.2, -0.15) is 11.8 Å². The van der Waals surface area contributed by atoms with E-state index in [9.17, 15) is 4.79 Å². The van der Waals surface area contributed by atoms with Crippen LogP contribution in [0.2, 0.25) is 0 Å². The average Bonchev–Trinajstić information content (AvgIpc) is 2.30. The normalized spacial score (nSPS) is 20.9. The minimum atomic E-state index is 0.186. The molecule has 86 valence electrons. The van der Waals surface area contributed by atoms with Crippen LogP contribution in [-0.2, 0) is 4.79 Å². The van der Waals surface area contributed by atoms with Crippen molar-refractivity contribution in [2.24, 2.45) is 0 Å². The lowest BCUT2D eigenvalue weighted by Gasteiger charge is -2.35. The van der Waals surface area contributed by atoms with Gasteiger partial charge in [0.2, 0.25) is 5.91 Å². The van der Waals surface area contributed by atoms with E-state index < -0.39 is 0 Å². The Kier molecular flexibility index (Phi) is 3.54. The summed E-state index contributed by atoms with van der Waals surface area (Å²) in [5.41, 5.74) is 2.52. The first-order valence-corrected chi connectivity index (χ1v) is 6.75. The summed E-state index contributed by atoms with van der Waals surface area (Å²) in [5.74, 6) is 2.26. The lowest BCUT2D eigenvalue weighted by molar-refractivity contribution is -0.130. The van der Waals surface area contributed by atoms with E-state index in [-0.39, 0.29) is 11.9 Å². The molecule has 1 aromatic rings. The van der Waals surface area contributed by atoms with Crippen LogP contribution in [0.15, 0.2) is 24.3 Å². The summed E-state index contributed by atoms with van der Waals surface area (Å²) in [6.07, 6.45) is 0. The molecule has 1 aliphatic rings. The van der Waals surface area contributed by atoms with E-state index in [0.29, 0.717) is 0 Å². The molecule has 2 rings (SSSR count). The molecular formula is C13H17NOS. The molecule has 3 heteroatoms. The zero-order chi connectivity index (χ0) is 11.5. The molecule has 16 heavy (non-hydrogen) atoms. The average molecular weight is 235 g/mol. The van der Waals surface area contributed by atoms with E-state index in [4.69, 9.17) is 0 Å². The van der Waals surface area contributed by atoms with Crippen LogP contribution in [0.1, 0.15) is 24.1 Å². The van der Waals surface area contributed by atoms with Crippen molar-refractivity contribution in [1.29, 1.82) is 0 Å².